The lowest BCUT2D eigenvalue weighted by Gasteiger charge is -2.34. The largest absolute Gasteiger partial charge is 0.377 e. The highest BCUT2D eigenvalue weighted by atomic mass is 32.2. The summed E-state index contributed by atoms with van der Waals surface area (Å²) in [4.78, 5) is 23.1. The van der Waals surface area contributed by atoms with E-state index in [0.717, 1.165) is 6.26 Å². The lowest BCUT2D eigenvalue weighted by atomic mass is 10.1. The third-order valence-electron chi connectivity index (χ3n) is 5.42. The van der Waals surface area contributed by atoms with E-state index in [-0.39, 0.29) is 29.0 Å². The summed E-state index contributed by atoms with van der Waals surface area (Å²) in [5.74, 6) is -0.793. The van der Waals surface area contributed by atoms with Crippen LogP contribution in [0.15, 0.2) is 48.5 Å². The number of rotatable bonds is 6. The Morgan fingerprint density at radius 2 is 1.86 bits per heavy atom. The monoisotopic (exact) mass is 517 g/mol. The van der Waals surface area contributed by atoms with Gasteiger partial charge in [0.05, 0.1) is 36.4 Å². The molecule has 1 aliphatic rings. The molecule has 1 aromatic heterocycles. The van der Waals surface area contributed by atoms with Gasteiger partial charge in [-0.05, 0) is 49.4 Å². The van der Waals surface area contributed by atoms with Gasteiger partial charge in [0, 0.05) is 30.1 Å². The molecule has 0 aliphatic carbocycles. The minimum atomic E-state index is -3.38. The molecular formula is C24H25F2N5O4S. The molecule has 0 saturated carbocycles. The minimum absolute atomic E-state index is 0.00974. The summed E-state index contributed by atoms with van der Waals surface area (Å²) in [6.07, 6.45) is 1.11. The van der Waals surface area contributed by atoms with Crippen molar-refractivity contribution >= 4 is 33.1 Å². The summed E-state index contributed by atoms with van der Waals surface area (Å²) >= 11 is 0. The Labute approximate surface area is 207 Å². The van der Waals surface area contributed by atoms with E-state index in [9.17, 15) is 22.0 Å². The molecule has 12 heteroatoms. The van der Waals surface area contributed by atoms with Crippen LogP contribution in [0.3, 0.4) is 0 Å². The van der Waals surface area contributed by atoms with E-state index in [2.05, 4.69) is 20.6 Å². The van der Waals surface area contributed by atoms with Gasteiger partial charge >= 0.3 is 6.03 Å². The van der Waals surface area contributed by atoms with Crippen molar-refractivity contribution in [2.24, 2.45) is 0 Å². The van der Waals surface area contributed by atoms with Gasteiger partial charge in [0.1, 0.15) is 17.5 Å². The first-order valence-electron chi connectivity index (χ1n) is 11.1. The molecular weight excluding hydrogens is 492 g/mol. The fourth-order valence-electron chi connectivity index (χ4n) is 3.74. The number of hydrogen-bond acceptors (Lipinski definition) is 7. The molecule has 1 saturated heterocycles. The van der Waals surface area contributed by atoms with E-state index in [1.54, 1.807) is 6.07 Å². The lowest BCUT2D eigenvalue weighted by Crippen LogP contribution is -2.44. The maximum Gasteiger partial charge on any atom is 0.323 e. The van der Waals surface area contributed by atoms with Gasteiger partial charge in [-0.25, -0.2) is 32.0 Å². The van der Waals surface area contributed by atoms with Gasteiger partial charge in [0.2, 0.25) is 0 Å². The summed E-state index contributed by atoms with van der Waals surface area (Å²) in [6, 6.07) is 10.1. The Hall–Kier alpha value is -3.64. The highest BCUT2D eigenvalue weighted by Crippen LogP contribution is 2.26. The van der Waals surface area contributed by atoms with E-state index in [1.807, 2.05) is 11.8 Å². The smallest absolute Gasteiger partial charge is 0.323 e. The molecule has 4 rings (SSSR count). The quantitative estimate of drug-likeness (QED) is 0.511. The standard InChI is InChI=1S/C24H25F2N5O4S/c1-15-13-35-10-9-31(15)22-12-19(14-36(2,33)34)27-23(30-22)16-3-8-21(20(26)11-16)29-24(32)28-18-6-4-17(25)5-7-18/h3-8,11-12,15H,9-10,13-14H2,1-2H3,(H2,28,29,32)/t15-/m0/s1. The second-order valence-corrected chi connectivity index (χ2v) is 10.6. The van der Waals surface area contributed by atoms with Gasteiger partial charge in [-0.15, -0.1) is 0 Å². The van der Waals surface area contributed by atoms with Crippen LogP contribution in [0, 0.1) is 11.6 Å². The molecule has 190 valence electrons. The maximum absolute atomic E-state index is 14.9. The number of morpholine rings is 1. The molecule has 2 heterocycles. The first kappa shape index (κ1) is 25.5. The normalized spacial score (nSPS) is 16.0. The van der Waals surface area contributed by atoms with E-state index in [4.69, 9.17) is 4.74 Å². The van der Waals surface area contributed by atoms with Crippen molar-refractivity contribution < 1.29 is 26.7 Å². The fourth-order valence-corrected chi connectivity index (χ4v) is 4.43. The topological polar surface area (TPSA) is 114 Å². The number of nitrogens with zero attached hydrogens (tertiary/aromatic N) is 3. The van der Waals surface area contributed by atoms with Crippen LogP contribution >= 0.6 is 0 Å². The molecule has 0 bridgehead atoms. The molecule has 36 heavy (non-hydrogen) atoms. The molecule has 1 atom stereocenters. The molecule has 2 amide bonds. The van der Waals surface area contributed by atoms with Gasteiger partial charge < -0.3 is 20.3 Å². The fraction of sp³-hybridized carbons (Fsp3) is 0.292. The maximum atomic E-state index is 14.9. The van der Waals surface area contributed by atoms with Gasteiger partial charge in [0.25, 0.3) is 0 Å². The van der Waals surface area contributed by atoms with Crippen molar-refractivity contribution in [2.75, 3.05) is 41.5 Å². The molecule has 2 N–H and O–H groups in total. The Morgan fingerprint density at radius 3 is 2.53 bits per heavy atom. The predicted octanol–water partition coefficient (Wildman–Crippen LogP) is 3.84. The molecule has 0 radical (unpaired) electrons. The van der Waals surface area contributed by atoms with Crippen molar-refractivity contribution in [3.05, 3.63) is 65.9 Å². The number of amides is 2. The Morgan fingerprint density at radius 1 is 1.11 bits per heavy atom. The van der Waals surface area contributed by atoms with Crippen molar-refractivity contribution in [3.8, 4) is 11.4 Å². The van der Waals surface area contributed by atoms with Crippen LogP contribution in [0.2, 0.25) is 0 Å². The molecule has 3 aromatic rings. The average Bonchev–Trinajstić information content (AvgIpc) is 2.81. The highest BCUT2D eigenvalue weighted by Gasteiger charge is 2.23. The lowest BCUT2D eigenvalue weighted by molar-refractivity contribution is 0.0985. The summed E-state index contributed by atoms with van der Waals surface area (Å²) in [6.45, 7) is 3.53. The van der Waals surface area contributed by atoms with Crippen LogP contribution in [0.5, 0.6) is 0 Å². The number of nitrogens with one attached hydrogen (secondary N) is 2. The number of halogens is 2. The van der Waals surface area contributed by atoms with Crippen molar-refractivity contribution in [1.82, 2.24) is 9.97 Å². The highest BCUT2D eigenvalue weighted by molar-refractivity contribution is 7.89. The van der Waals surface area contributed by atoms with Gasteiger partial charge in [-0.2, -0.15) is 0 Å². The van der Waals surface area contributed by atoms with Gasteiger partial charge in [-0.1, -0.05) is 0 Å². The number of ether oxygens (including phenoxy) is 1. The number of hydrogen-bond donors (Lipinski definition) is 2. The number of sulfone groups is 1. The van der Waals surface area contributed by atoms with Crippen molar-refractivity contribution in [2.45, 2.75) is 18.7 Å². The Bertz CT molecular complexity index is 1370. The molecule has 9 nitrogen and oxygen atoms in total. The Kier molecular flexibility index (Phi) is 7.45. The first-order valence-corrected chi connectivity index (χ1v) is 13.2. The predicted molar refractivity (Wildman–Crippen MR) is 133 cm³/mol. The van der Waals surface area contributed by atoms with Crippen LogP contribution in [-0.2, 0) is 20.3 Å². The summed E-state index contributed by atoms with van der Waals surface area (Å²) in [7, 11) is -3.38. The molecule has 0 unspecified atom stereocenters. The van der Waals surface area contributed by atoms with Crippen LogP contribution in [0.4, 0.5) is 30.8 Å². The second-order valence-electron chi connectivity index (χ2n) is 8.51. The average molecular weight is 518 g/mol. The van der Waals surface area contributed by atoms with Crippen LogP contribution in [-0.4, -0.2) is 56.5 Å². The number of anilines is 3. The second kappa shape index (κ2) is 10.5. The van der Waals surface area contributed by atoms with E-state index >= 15 is 0 Å². The zero-order valence-electron chi connectivity index (χ0n) is 19.7. The van der Waals surface area contributed by atoms with E-state index in [0.29, 0.717) is 36.8 Å². The third-order valence-corrected chi connectivity index (χ3v) is 6.24. The first-order chi connectivity index (χ1) is 17.1. The number of carbonyl (C=O) groups is 1. The Balaban J connectivity index is 1.59. The third kappa shape index (κ3) is 6.52. The van der Waals surface area contributed by atoms with Crippen molar-refractivity contribution in [3.63, 3.8) is 0 Å². The number of aromatic nitrogens is 2. The molecule has 1 fully saturated rings. The molecule has 0 spiro atoms. The van der Waals surface area contributed by atoms with E-state index in [1.165, 1.54) is 42.5 Å². The zero-order chi connectivity index (χ0) is 25.9. The van der Waals surface area contributed by atoms with Crippen LogP contribution in [0.1, 0.15) is 12.6 Å². The van der Waals surface area contributed by atoms with E-state index < -0.39 is 27.5 Å². The SMILES string of the molecule is C[C@H]1COCCN1c1cc(CS(C)(=O)=O)nc(-c2ccc(NC(=O)Nc3ccc(F)cc3)c(F)c2)n1. The van der Waals surface area contributed by atoms with Crippen LogP contribution in [0.25, 0.3) is 11.4 Å². The molecule has 1 aliphatic heterocycles. The summed E-state index contributed by atoms with van der Waals surface area (Å²) < 4.78 is 57.3. The van der Waals surface area contributed by atoms with Crippen LogP contribution < -0.4 is 15.5 Å². The zero-order valence-corrected chi connectivity index (χ0v) is 20.5. The summed E-state index contributed by atoms with van der Waals surface area (Å²) in [5.41, 5.74) is 0.853. The minimum Gasteiger partial charge on any atom is -0.377 e. The molecule has 2 aromatic carbocycles. The number of urea groups is 1. The number of benzene rings is 2. The van der Waals surface area contributed by atoms with Crippen molar-refractivity contribution in [1.29, 1.82) is 0 Å². The van der Waals surface area contributed by atoms with Gasteiger partial charge in [-0.3, -0.25) is 0 Å². The van der Waals surface area contributed by atoms with Gasteiger partial charge in [0.15, 0.2) is 15.7 Å². The number of carbonyl (C=O) groups excluding carboxylic acids is 1. The summed E-state index contributed by atoms with van der Waals surface area (Å²) in [5, 5.41) is 4.89.